The Kier molecular flexibility index (Phi) is 4.21. The summed E-state index contributed by atoms with van der Waals surface area (Å²) in [5.41, 5.74) is 0.555. The summed E-state index contributed by atoms with van der Waals surface area (Å²) in [5.74, 6) is -2.26. The highest BCUT2D eigenvalue weighted by molar-refractivity contribution is 6.65. The van der Waals surface area contributed by atoms with E-state index in [0.717, 1.165) is 0 Å². The smallest absolute Gasteiger partial charge is 0.237 e. The second-order valence-corrected chi connectivity index (χ2v) is 11.1. The van der Waals surface area contributed by atoms with Crippen LogP contribution in [0.15, 0.2) is 40.4 Å². The van der Waals surface area contributed by atoms with Crippen LogP contribution in [0.5, 0.6) is 0 Å². The number of hydrogen-bond acceptors (Lipinski definition) is 2. The Bertz CT molecular complexity index is 895. The number of amides is 2. The third-order valence-electron chi connectivity index (χ3n) is 6.84. The van der Waals surface area contributed by atoms with Gasteiger partial charge in [0.1, 0.15) is 9.75 Å². The molecule has 6 atom stereocenters. The van der Waals surface area contributed by atoms with Crippen molar-refractivity contribution in [1.82, 2.24) is 0 Å². The molecule has 3 nitrogen and oxygen atoms in total. The van der Waals surface area contributed by atoms with E-state index in [2.05, 4.69) is 0 Å². The summed E-state index contributed by atoms with van der Waals surface area (Å²) in [5, 5.41) is 0.263. The van der Waals surface area contributed by atoms with Crippen LogP contribution in [0.2, 0.25) is 0 Å². The number of nitrogens with zero attached hydrogens (tertiary/aromatic N) is 1. The van der Waals surface area contributed by atoms with Gasteiger partial charge in [0.2, 0.25) is 11.8 Å². The predicted octanol–water partition coefficient (Wildman–Crippen LogP) is 5.66. The zero-order chi connectivity index (χ0) is 20.2. The maximum Gasteiger partial charge on any atom is 0.237 e. The Morgan fingerprint density at radius 3 is 1.64 bits per heavy atom. The first kappa shape index (κ1) is 19.8. The molecule has 0 radical (unpaired) electrons. The van der Waals surface area contributed by atoms with Gasteiger partial charge in [0.15, 0.2) is 4.33 Å². The number of para-hydroxylation sites is 1. The van der Waals surface area contributed by atoms with Crippen molar-refractivity contribution in [1.29, 1.82) is 0 Å². The molecule has 3 aliphatic carbocycles. The van der Waals surface area contributed by atoms with Crippen LogP contribution in [0, 0.1) is 23.7 Å². The van der Waals surface area contributed by atoms with E-state index < -0.39 is 25.9 Å². The molecule has 28 heavy (non-hydrogen) atoms. The van der Waals surface area contributed by atoms with Crippen molar-refractivity contribution < 1.29 is 9.59 Å². The van der Waals surface area contributed by atoms with E-state index in [4.69, 9.17) is 69.6 Å². The third kappa shape index (κ3) is 1.98. The molecule has 1 heterocycles. The van der Waals surface area contributed by atoms with Gasteiger partial charge in [0.05, 0.1) is 27.6 Å². The van der Waals surface area contributed by atoms with Crippen molar-refractivity contribution in [2.24, 2.45) is 23.7 Å². The van der Waals surface area contributed by atoms with Crippen LogP contribution in [0.25, 0.3) is 0 Å². The lowest BCUT2D eigenvalue weighted by molar-refractivity contribution is -0.122. The summed E-state index contributed by atoms with van der Waals surface area (Å²) in [6.45, 7) is 0. The standard InChI is InChI=1S/C19H13Cl6NO2/c20-13-14(21)18(23)12-7-10-9(6-11(12)17(13,22)19(18,24)25)15(27)26(16(10)28)8-4-2-1-3-5-8/h1-5,9-12H,6-7H2/t9-,10+,11-,12-,17-,18-/m1/s1. The highest BCUT2D eigenvalue weighted by atomic mass is 35.5. The first-order chi connectivity index (χ1) is 13.1. The molecule has 0 unspecified atom stereocenters. The monoisotopic (exact) mass is 497 g/mol. The second-order valence-electron chi connectivity index (χ2n) is 7.87. The fraction of sp³-hybridized carbons (Fsp3) is 0.474. The van der Waals surface area contributed by atoms with Gasteiger partial charge in [-0.2, -0.15) is 0 Å². The van der Waals surface area contributed by atoms with E-state index in [-0.39, 0.29) is 33.7 Å². The molecule has 4 aliphatic rings. The lowest BCUT2D eigenvalue weighted by atomic mass is 9.65. The molecule has 2 saturated carbocycles. The first-order valence-electron chi connectivity index (χ1n) is 8.83. The summed E-state index contributed by atoms with van der Waals surface area (Å²) < 4.78 is -1.64. The number of benzene rings is 1. The van der Waals surface area contributed by atoms with E-state index in [1.165, 1.54) is 4.90 Å². The first-order valence-corrected chi connectivity index (χ1v) is 11.1. The van der Waals surface area contributed by atoms with Gasteiger partial charge in [0, 0.05) is 0 Å². The van der Waals surface area contributed by atoms with Crippen molar-refractivity contribution >= 4 is 87.1 Å². The van der Waals surface area contributed by atoms with E-state index in [0.29, 0.717) is 18.5 Å². The van der Waals surface area contributed by atoms with Crippen molar-refractivity contribution in [3.05, 3.63) is 40.4 Å². The highest BCUT2D eigenvalue weighted by Gasteiger charge is 2.83. The molecule has 2 bridgehead atoms. The number of rotatable bonds is 1. The quantitative estimate of drug-likeness (QED) is 0.369. The number of fused-ring (bicyclic) bond motifs is 6. The van der Waals surface area contributed by atoms with Crippen molar-refractivity contribution in [3.8, 4) is 0 Å². The third-order valence-corrected chi connectivity index (χ3v) is 11.2. The number of imide groups is 1. The van der Waals surface area contributed by atoms with E-state index >= 15 is 0 Å². The topological polar surface area (TPSA) is 37.4 Å². The highest BCUT2D eigenvalue weighted by Crippen LogP contribution is 2.79. The largest absolute Gasteiger partial charge is 0.274 e. The average molecular weight is 500 g/mol. The Hall–Kier alpha value is -0.160. The molecule has 148 valence electrons. The Morgan fingerprint density at radius 1 is 0.786 bits per heavy atom. The van der Waals surface area contributed by atoms with E-state index in [1.54, 1.807) is 24.3 Å². The molecule has 2 amide bonds. The van der Waals surface area contributed by atoms with Crippen LogP contribution in [0.1, 0.15) is 12.8 Å². The minimum absolute atomic E-state index is 0.132. The number of carbonyl (C=O) groups excluding carboxylic acids is 2. The molecule has 5 rings (SSSR count). The zero-order valence-electron chi connectivity index (χ0n) is 14.1. The van der Waals surface area contributed by atoms with Gasteiger partial charge in [0.25, 0.3) is 0 Å². The molecule has 1 aliphatic heterocycles. The molecule has 0 aromatic heterocycles. The van der Waals surface area contributed by atoms with E-state index in [1.807, 2.05) is 6.07 Å². The Labute approximate surface area is 191 Å². The van der Waals surface area contributed by atoms with E-state index in [9.17, 15) is 9.59 Å². The van der Waals surface area contributed by atoms with Gasteiger partial charge in [-0.1, -0.05) is 64.6 Å². The van der Waals surface area contributed by atoms with Crippen LogP contribution in [-0.4, -0.2) is 25.9 Å². The summed E-state index contributed by atoms with van der Waals surface area (Å²) in [4.78, 5) is 24.7. The average Bonchev–Trinajstić information content (AvgIpc) is 3.04. The molecular formula is C19H13Cl6NO2. The molecule has 1 aromatic rings. The summed E-state index contributed by atoms with van der Waals surface area (Å²) in [6.07, 6.45) is 0.644. The number of anilines is 1. The number of hydrogen-bond donors (Lipinski definition) is 0. The minimum atomic E-state index is -1.64. The lowest BCUT2D eigenvalue weighted by Crippen LogP contribution is -2.44. The van der Waals surface area contributed by atoms with Gasteiger partial charge < -0.3 is 0 Å². The van der Waals surface area contributed by atoms with Crippen LogP contribution >= 0.6 is 69.6 Å². The fourth-order valence-electron chi connectivity index (χ4n) is 5.55. The van der Waals surface area contributed by atoms with Gasteiger partial charge in [-0.05, 0) is 36.8 Å². The van der Waals surface area contributed by atoms with Gasteiger partial charge in [-0.3, -0.25) is 14.5 Å². The van der Waals surface area contributed by atoms with Crippen molar-refractivity contribution in [2.75, 3.05) is 4.90 Å². The zero-order valence-corrected chi connectivity index (χ0v) is 18.7. The molecule has 0 spiro atoms. The minimum Gasteiger partial charge on any atom is -0.274 e. The SMILES string of the molecule is O=C1[C@H]2C[C@@H]3[C@@H](C[C@H]2C(=O)N1c1ccccc1)[C@@]1(Cl)C(Cl)=C(Cl)[C@@]3(Cl)C1(Cl)Cl. The number of halogens is 6. The number of allylic oxidation sites excluding steroid dienone is 2. The summed E-state index contributed by atoms with van der Waals surface area (Å²) in [7, 11) is 0. The molecular weight excluding hydrogens is 487 g/mol. The van der Waals surface area contributed by atoms with Crippen molar-refractivity contribution in [2.45, 2.75) is 26.9 Å². The Morgan fingerprint density at radius 2 is 1.21 bits per heavy atom. The van der Waals surface area contributed by atoms with Gasteiger partial charge >= 0.3 is 0 Å². The van der Waals surface area contributed by atoms with Crippen LogP contribution in [0.4, 0.5) is 5.69 Å². The molecule has 3 fully saturated rings. The molecule has 1 aromatic carbocycles. The number of alkyl halides is 4. The Balaban J connectivity index is 1.58. The second kappa shape index (κ2) is 5.96. The van der Waals surface area contributed by atoms with Crippen molar-refractivity contribution in [3.63, 3.8) is 0 Å². The molecule has 9 heteroatoms. The maximum atomic E-state index is 13.1. The maximum absolute atomic E-state index is 13.1. The fourth-order valence-corrected chi connectivity index (χ4v) is 8.66. The summed E-state index contributed by atoms with van der Waals surface area (Å²) >= 11 is 39.9. The summed E-state index contributed by atoms with van der Waals surface area (Å²) in [6, 6.07) is 8.87. The van der Waals surface area contributed by atoms with Gasteiger partial charge in [-0.25, -0.2) is 0 Å². The predicted molar refractivity (Wildman–Crippen MR) is 112 cm³/mol. The van der Waals surface area contributed by atoms with Crippen LogP contribution in [0.3, 0.4) is 0 Å². The molecule has 1 saturated heterocycles. The molecule has 0 N–H and O–H groups in total. The van der Waals surface area contributed by atoms with Crippen LogP contribution in [-0.2, 0) is 9.59 Å². The normalized spacial score (nSPS) is 43.6. The van der Waals surface area contributed by atoms with Crippen LogP contribution < -0.4 is 4.90 Å². The van der Waals surface area contributed by atoms with Gasteiger partial charge in [-0.15, -0.1) is 23.2 Å². The lowest BCUT2D eigenvalue weighted by Gasteiger charge is -2.42. The number of carbonyl (C=O) groups is 2.